The number of aryl methyl sites for hydroxylation is 2. The molecule has 0 aliphatic carbocycles. The summed E-state index contributed by atoms with van der Waals surface area (Å²) in [5, 5.41) is 1.04. The van der Waals surface area contributed by atoms with E-state index in [4.69, 9.17) is 9.47 Å². The third-order valence-corrected chi connectivity index (χ3v) is 6.35. The Morgan fingerprint density at radius 1 is 0.941 bits per heavy atom. The number of hydrogen-bond acceptors (Lipinski definition) is 3. The minimum atomic E-state index is -0.339. The van der Waals surface area contributed by atoms with Gasteiger partial charge in [0.05, 0.1) is 7.11 Å². The van der Waals surface area contributed by atoms with Gasteiger partial charge >= 0.3 is 6.09 Å². The van der Waals surface area contributed by atoms with Crippen LogP contribution in [0.15, 0.2) is 66.9 Å². The van der Waals surface area contributed by atoms with Crippen molar-refractivity contribution in [3.05, 3.63) is 83.6 Å². The number of rotatable bonds is 7. The number of carbonyl (C=O) groups is 1. The minimum absolute atomic E-state index is 0.339. The van der Waals surface area contributed by atoms with Crippen LogP contribution in [0.2, 0.25) is 0 Å². The number of amides is 1. The van der Waals surface area contributed by atoms with E-state index in [-0.39, 0.29) is 6.09 Å². The van der Waals surface area contributed by atoms with Crippen molar-refractivity contribution in [2.24, 2.45) is 0 Å². The SMILES string of the molecule is CCN(CC)C(=O)Oc1ccc2c(ccn2Cc2ccc(C)cc2C)c1-c1ccc(OC)cc1. The van der Waals surface area contributed by atoms with E-state index in [1.807, 2.05) is 50.2 Å². The number of hydrogen-bond donors (Lipinski definition) is 0. The molecule has 0 aliphatic rings. The molecule has 0 fully saturated rings. The Balaban J connectivity index is 1.81. The number of aromatic nitrogens is 1. The highest BCUT2D eigenvalue weighted by Gasteiger charge is 2.19. The van der Waals surface area contributed by atoms with Crippen LogP contribution in [0.5, 0.6) is 11.5 Å². The predicted molar refractivity (Wildman–Crippen MR) is 138 cm³/mol. The molecule has 0 N–H and O–H groups in total. The van der Waals surface area contributed by atoms with Gasteiger partial charge in [0.15, 0.2) is 0 Å². The average molecular weight is 457 g/mol. The molecule has 5 heteroatoms. The summed E-state index contributed by atoms with van der Waals surface area (Å²) in [4.78, 5) is 14.5. The zero-order valence-electron chi connectivity index (χ0n) is 20.6. The van der Waals surface area contributed by atoms with E-state index < -0.39 is 0 Å². The zero-order valence-corrected chi connectivity index (χ0v) is 20.6. The minimum Gasteiger partial charge on any atom is -0.497 e. The lowest BCUT2D eigenvalue weighted by Gasteiger charge is -2.20. The number of ether oxygens (including phenoxy) is 2. The lowest BCUT2D eigenvalue weighted by molar-refractivity contribution is 0.157. The number of methoxy groups -OCH3 is 1. The van der Waals surface area contributed by atoms with Gasteiger partial charge in [-0.05, 0) is 74.7 Å². The lowest BCUT2D eigenvalue weighted by atomic mass is 10.00. The van der Waals surface area contributed by atoms with Crippen LogP contribution in [0.25, 0.3) is 22.0 Å². The second-order valence-corrected chi connectivity index (χ2v) is 8.51. The van der Waals surface area contributed by atoms with Crippen molar-refractivity contribution in [2.45, 2.75) is 34.2 Å². The Hall–Kier alpha value is -3.73. The molecule has 0 radical (unpaired) electrons. The Labute approximate surface area is 201 Å². The Bertz CT molecular complexity index is 1300. The second kappa shape index (κ2) is 10.0. The van der Waals surface area contributed by atoms with Crippen LogP contribution < -0.4 is 9.47 Å². The van der Waals surface area contributed by atoms with Crippen LogP contribution in [0.3, 0.4) is 0 Å². The third kappa shape index (κ3) is 4.65. The molecule has 3 aromatic carbocycles. The van der Waals surface area contributed by atoms with Crippen molar-refractivity contribution in [2.75, 3.05) is 20.2 Å². The van der Waals surface area contributed by atoms with E-state index in [0.29, 0.717) is 18.8 Å². The van der Waals surface area contributed by atoms with Gasteiger partial charge in [-0.3, -0.25) is 0 Å². The van der Waals surface area contributed by atoms with Crippen molar-refractivity contribution in [3.63, 3.8) is 0 Å². The molecule has 4 aromatic rings. The van der Waals surface area contributed by atoms with Gasteiger partial charge in [-0.25, -0.2) is 4.79 Å². The predicted octanol–water partition coefficient (Wildman–Crippen LogP) is 6.82. The van der Waals surface area contributed by atoms with Crippen LogP contribution >= 0.6 is 0 Å². The molecule has 4 rings (SSSR count). The normalized spacial score (nSPS) is 11.0. The van der Waals surface area contributed by atoms with Gasteiger partial charge in [0.1, 0.15) is 11.5 Å². The van der Waals surface area contributed by atoms with Crippen LogP contribution in [0.4, 0.5) is 4.79 Å². The maximum absolute atomic E-state index is 12.8. The molecule has 1 aromatic heterocycles. The van der Waals surface area contributed by atoms with Crippen molar-refractivity contribution < 1.29 is 14.3 Å². The highest BCUT2D eigenvalue weighted by molar-refractivity contribution is 5.99. The molecule has 176 valence electrons. The molecular weight excluding hydrogens is 424 g/mol. The fourth-order valence-corrected chi connectivity index (χ4v) is 4.38. The van der Waals surface area contributed by atoms with Gasteiger partial charge in [-0.15, -0.1) is 0 Å². The van der Waals surface area contributed by atoms with Crippen LogP contribution in [0, 0.1) is 13.8 Å². The summed E-state index contributed by atoms with van der Waals surface area (Å²) in [7, 11) is 1.65. The Morgan fingerprint density at radius 2 is 1.68 bits per heavy atom. The topological polar surface area (TPSA) is 43.7 Å². The summed E-state index contributed by atoms with van der Waals surface area (Å²) in [5.41, 5.74) is 6.79. The van der Waals surface area contributed by atoms with E-state index in [9.17, 15) is 4.79 Å². The van der Waals surface area contributed by atoms with Gasteiger partial charge in [0.25, 0.3) is 0 Å². The van der Waals surface area contributed by atoms with Crippen LogP contribution in [0.1, 0.15) is 30.5 Å². The first-order valence-electron chi connectivity index (χ1n) is 11.7. The van der Waals surface area contributed by atoms with Crippen LogP contribution in [-0.2, 0) is 6.54 Å². The summed E-state index contributed by atoms with van der Waals surface area (Å²) in [6.45, 7) is 10.1. The Kier molecular flexibility index (Phi) is 6.92. The maximum Gasteiger partial charge on any atom is 0.415 e. The molecule has 0 aliphatic heterocycles. The Morgan fingerprint density at radius 3 is 2.32 bits per heavy atom. The summed E-state index contributed by atoms with van der Waals surface area (Å²) < 4.78 is 13.5. The van der Waals surface area contributed by atoms with Gasteiger partial charge in [-0.1, -0.05) is 35.9 Å². The van der Waals surface area contributed by atoms with Crippen molar-refractivity contribution in [1.29, 1.82) is 0 Å². The van der Waals surface area contributed by atoms with Crippen LogP contribution in [-0.4, -0.2) is 35.8 Å². The fraction of sp³-hybridized carbons (Fsp3) is 0.276. The lowest BCUT2D eigenvalue weighted by Crippen LogP contribution is -2.33. The van der Waals surface area contributed by atoms with E-state index >= 15 is 0 Å². The van der Waals surface area contributed by atoms with Gasteiger partial charge in [-0.2, -0.15) is 0 Å². The molecule has 0 spiro atoms. The first-order valence-corrected chi connectivity index (χ1v) is 11.7. The molecule has 0 unspecified atom stereocenters. The molecule has 0 bridgehead atoms. The standard InChI is InChI=1S/C29H32N2O3/c1-6-30(7-2)29(32)34-27-15-14-26-25(28(27)22-10-12-24(33-5)13-11-22)16-17-31(26)19-23-9-8-20(3)18-21(23)4/h8-18H,6-7,19H2,1-5H3. The third-order valence-electron chi connectivity index (χ3n) is 6.35. The van der Waals surface area contributed by atoms with Gasteiger partial charge < -0.3 is 18.9 Å². The number of carbonyl (C=O) groups excluding carboxylic acids is 1. The van der Waals surface area contributed by atoms with Crippen molar-refractivity contribution in [1.82, 2.24) is 9.47 Å². The number of benzene rings is 3. The van der Waals surface area contributed by atoms with Gasteiger partial charge in [0.2, 0.25) is 0 Å². The zero-order chi connectivity index (χ0) is 24.2. The first kappa shape index (κ1) is 23.4. The summed E-state index contributed by atoms with van der Waals surface area (Å²) >= 11 is 0. The second-order valence-electron chi connectivity index (χ2n) is 8.51. The molecule has 1 heterocycles. The van der Waals surface area contributed by atoms with Gasteiger partial charge in [0, 0.05) is 42.3 Å². The van der Waals surface area contributed by atoms with Crippen molar-refractivity contribution >= 4 is 17.0 Å². The van der Waals surface area contributed by atoms with E-state index in [2.05, 4.69) is 48.9 Å². The highest BCUT2D eigenvalue weighted by atomic mass is 16.6. The van der Waals surface area contributed by atoms with E-state index in [0.717, 1.165) is 34.3 Å². The molecule has 34 heavy (non-hydrogen) atoms. The highest BCUT2D eigenvalue weighted by Crippen LogP contribution is 2.39. The molecular formula is C29H32N2O3. The molecule has 0 saturated heterocycles. The average Bonchev–Trinajstić information content (AvgIpc) is 3.24. The van der Waals surface area contributed by atoms with E-state index in [1.54, 1.807) is 12.0 Å². The smallest absolute Gasteiger partial charge is 0.415 e. The van der Waals surface area contributed by atoms with E-state index in [1.165, 1.54) is 16.7 Å². The summed E-state index contributed by atoms with van der Waals surface area (Å²) in [6, 6.07) is 20.5. The number of nitrogens with zero attached hydrogens (tertiary/aromatic N) is 2. The summed E-state index contributed by atoms with van der Waals surface area (Å²) in [6.07, 6.45) is 1.77. The molecule has 0 atom stereocenters. The quantitative estimate of drug-likeness (QED) is 0.306. The summed E-state index contributed by atoms with van der Waals surface area (Å²) in [5.74, 6) is 1.34. The number of fused-ring (bicyclic) bond motifs is 1. The molecule has 5 nitrogen and oxygen atoms in total. The molecule has 0 saturated carbocycles. The monoisotopic (exact) mass is 456 g/mol. The molecule has 1 amide bonds. The van der Waals surface area contributed by atoms with Crippen molar-refractivity contribution in [3.8, 4) is 22.6 Å². The maximum atomic E-state index is 12.8. The largest absolute Gasteiger partial charge is 0.497 e. The fourth-order valence-electron chi connectivity index (χ4n) is 4.38. The first-order chi connectivity index (χ1) is 16.4.